The van der Waals surface area contributed by atoms with Gasteiger partial charge in [-0.25, -0.2) is 0 Å². The minimum absolute atomic E-state index is 0.00347. The molecule has 0 spiro atoms. The second-order valence-electron chi connectivity index (χ2n) is 3.76. The average molecular weight is 218 g/mol. The molecule has 14 heavy (non-hydrogen) atoms. The Kier molecular flexibility index (Phi) is 4.39. The van der Waals surface area contributed by atoms with Gasteiger partial charge in [0.1, 0.15) is 0 Å². The molecule has 0 heterocycles. The van der Waals surface area contributed by atoms with Crippen LogP contribution in [0.2, 0.25) is 0 Å². The van der Waals surface area contributed by atoms with Crippen LogP contribution in [-0.4, -0.2) is 35.1 Å². The molecule has 0 unspecified atom stereocenters. The second-order valence-corrected chi connectivity index (χ2v) is 4.02. The van der Waals surface area contributed by atoms with Crippen molar-refractivity contribution in [3.05, 3.63) is 0 Å². The van der Waals surface area contributed by atoms with Crippen molar-refractivity contribution in [2.75, 3.05) is 12.4 Å². The molecule has 0 aromatic carbocycles. The van der Waals surface area contributed by atoms with Gasteiger partial charge in [0.05, 0.1) is 12.4 Å². The van der Waals surface area contributed by atoms with E-state index in [1.807, 2.05) is 0 Å². The molecule has 0 radical (unpaired) electrons. The number of amides is 1. The first-order valence-corrected chi connectivity index (χ1v) is 5.53. The lowest BCUT2D eigenvalue weighted by Crippen LogP contribution is -2.41. The number of halogens is 1. The van der Waals surface area contributed by atoms with Gasteiger partial charge in [0.2, 0.25) is 5.91 Å². The number of carbonyl (C=O) groups is 2. The summed E-state index contributed by atoms with van der Waals surface area (Å²) in [5, 5.41) is 0. The van der Waals surface area contributed by atoms with Gasteiger partial charge >= 0.3 is 0 Å². The largest absolute Gasteiger partial charge is 0.333 e. The second kappa shape index (κ2) is 5.35. The fourth-order valence-electron chi connectivity index (χ4n) is 1.95. The molecule has 1 rings (SSSR count). The van der Waals surface area contributed by atoms with Crippen molar-refractivity contribution in [2.45, 2.75) is 38.6 Å². The summed E-state index contributed by atoms with van der Waals surface area (Å²) in [5.41, 5.74) is 0. The van der Waals surface area contributed by atoms with Gasteiger partial charge < -0.3 is 4.90 Å². The van der Waals surface area contributed by atoms with Gasteiger partial charge in [-0.1, -0.05) is 12.8 Å². The van der Waals surface area contributed by atoms with Crippen LogP contribution in [0.3, 0.4) is 0 Å². The molecule has 0 aromatic rings. The highest BCUT2D eigenvalue weighted by Crippen LogP contribution is 2.23. The van der Waals surface area contributed by atoms with Gasteiger partial charge in [0, 0.05) is 13.0 Å². The first-order chi connectivity index (χ1) is 6.65. The fraction of sp³-hybridized carbons (Fsp3) is 0.800. The molecular formula is C10H16ClNO2. The Bertz CT molecular complexity index is 224. The highest BCUT2D eigenvalue weighted by molar-refractivity contribution is 6.28. The summed E-state index contributed by atoms with van der Waals surface area (Å²) in [6, 6.07) is 0.264. The van der Waals surface area contributed by atoms with Gasteiger partial charge in [-0.2, -0.15) is 0 Å². The van der Waals surface area contributed by atoms with Crippen molar-refractivity contribution in [1.29, 1.82) is 0 Å². The zero-order valence-electron chi connectivity index (χ0n) is 8.46. The van der Waals surface area contributed by atoms with Crippen LogP contribution in [0.5, 0.6) is 0 Å². The summed E-state index contributed by atoms with van der Waals surface area (Å²) in [6.07, 6.45) is 4.36. The molecule has 0 aromatic heterocycles. The van der Waals surface area contributed by atoms with E-state index in [-0.39, 0.29) is 30.2 Å². The lowest BCUT2D eigenvalue weighted by atomic mass is 10.2. The molecule has 1 fully saturated rings. The Morgan fingerprint density at radius 2 is 1.93 bits per heavy atom. The minimum Gasteiger partial charge on any atom is -0.333 e. The first kappa shape index (κ1) is 11.5. The molecule has 0 atom stereocenters. The Balaban J connectivity index is 2.54. The van der Waals surface area contributed by atoms with E-state index >= 15 is 0 Å². The molecule has 0 bridgehead atoms. The number of hydrogen-bond donors (Lipinski definition) is 0. The van der Waals surface area contributed by atoms with E-state index < -0.39 is 0 Å². The van der Waals surface area contributed by atoms with Crippen LogP contribution < -0.4 is 0 Å². The Morgan fingerprint density at radius 3 is 2.36 bits per heavy atom. The SMILES string of the molecule is CC(=O)N(CC(=O)CCl)C1CCCC1. The van der Waals surface area contributed by atoms with Crippen LogP contribution in [0.15, 0.2) is 0 Å². The normalized spacial score (nSPS) is 17.0. The molecule has 1 saturated carbocycles. The van der Waals surface area contributed by atoms with E-state index in [0.29, 0.717) is 0 Å². The molecule has 1 aliphatic rings. The summed E-state index contributed by atoms with van der Waals surface area (Å²) < 4.78 is 0. The fourth-order valence-corrected chi connectivity index (χ4v) is 2.03. The predicted molar refractivity (Wildman–Crippen MR) is 55.4 cm³/mol. The lowest BCUT2D eigenvalue weighted by molar-refractivity contribution is -0.135. The maximum absolute atomic E-state index is 11.3. The Labute approximate surface area is 89.4 Å². The van der Waals surface area contributed by atoms with Gasteiger partial charge in [-0.05, 0) is 12.8 Å². The molecule has 0 N–H and O–H groups in total. The van der Waals surface area contributed by atoms with Gasteiger partial charge in [0.15, 0.2) is 5.78 Å². The highest BCUT2D eigenvalue weighted by atomic mass is 35.5. The summed E-state index contributed by atoms with van der Waals surface area (Å²) in [7, 11) is 0. The number of hydrogen-bond acceptors (Lipinski definition) is 2. The maximum Gasteiger partial charge on any atom is 0.220 e. The third kappa shape index (κ3) is 2.98. The van der Waals surface area contributed by atoms with Crippen molar-refractivity contribution in [2.24, 2.45) is 0 Å². The molecule has 3 nitrogen and oxygen atoms in total. The summed E-state index contributed by atoms with van der Waals surface area (Å²) in [4.78, 5) is 24.1. The van der Waals surface area contributed by atoms with E-state index in [1.54, 1.807) is 4.90 Å². The van der Waals surface area contributed by atoms with Gasteiger partial charge in [0.25, 0.3) is 0 Å². The van der Waals surface area contributed by atoms with Crippen LogP contribution in [0.1, 0.15) is 32.6 Å². The van der Waals surface area contributed by atoms with E-state index in [2.05, 4.69) is 0 Å². The van der Waals surface area contributed by atoms with Crippen molar-refractivity contribution < 1.29 is 9.59 Å². The molecule has 0 aliphatic heterocycles. The van der Waals surface area contributed by atoms with Crippen LogP contribution in [0.25, 0.3) is 0 Å². The lowest BCUT2D eigenvalue weighted by Gasteiger charge is -2.26. The third-order valence-corrected chi connectivity index (χ3v) is 2.96. The minimum atomic E-state index is -0.0752. The Morgan fingerprint density at radius 1 is 1.36 bits per heavy atom. The summed E-state index contributed by atoms with van der Waals surface area (Å²) in [5.74, 6) is -0.0969. The molecule has 1 aliphatic carbocycles. The van der Waals surface area contributed by atoms with Crippen LogP contribution in [-0.2, 0) is 9.59 Å². The van der Waals surface area contributed by atoms with Gasteiger partial charge in [-0.15, -0.1) is 11.6 Å². The Hall–Kier alpha value is -0.570. The number of nitrogens with zero attached hydrogens (tertiary/aromatic N) is 1. The molecule has 80 valence electrons. The predicted octanol–water partition coefficient (Wildman–Crippen LogP) is 1.59. The summed E-state index contributed by atoms with van der Waals surface area (Å²) >= 11 is 5.42. The van der Waals surface area contributed by atoms with Crippen LogP contribution in [0.4, 0.5) is 0 Å². The quantitative estimate of drug-likeness (QED) is 0.671. The standard InChI is InChI=1S/C10H16ClNO2/c1-8(13)12(7-10(14)6-11)9-4-2-3-5-9/h9H,2-7H2,1H3. The third-order valence-electron chi connectivity index (χ3n) is 2.67. The zero-order valence-corrected chi connectivity index (χ0v) is 9.22. The van der Waals surface area contributed by atoms with Crippen LogP contribution >= 0.6 is 11.6 Å². The topological polar surface area (TPSA) is 37.4 Å². The van der Waals surface area contributed by atoms with E-state index in [4.69, 9.17) is 11.6 Å². The number of ketones is 1. The number of alkyl halides is 1. The van der Waals surface area contributed by atoms with Crippen LogP contribution in [0, 0.1) is 0 Å². The summed E-state index contributed by atoms with van der Waals surface area (Å²) in [6.45, 7) is 1.70. The van der Waals surface area contributed by atoms with E-state index in [1.165, 1.54) is 6.92 Å². The monoisotopic (exact) mass is 217 g/mol. The number of rotatable bonds is 4. The average Bonchev–Trinajstić information content (AvgIpc) is 2.65. The number of carbonyl (C=O) groups excluding carboxylic acids is 2. The van der Waals surface area contributed by atoms with E-state index in [0.717, 1.165) is 25.7 Å². The van der Waals surface area contributed by atoms with Crippen molar-refractivity contribution in [1.82, 2.24) is 4.90 Å². The zero-order chi connectivity index (χ0) is 10.6. The maximum atomic E-state index is 11.3. The smallest absolute Gasteiger partial charge is 0.220 e. The van der Waals surface area contributed by atoms with E-state index in [9.17, 15) is 9.59 Å². The first-order valence-electron chi connectivity index (χ1n) is 5.00. The number of Topliss-reactive ketones (excluding diaryl/α,β-unsaturated/α-hetero) is 1. The van der Waals surface area contributed by atoms with Gasteiger partial charge in [-0.3, -0.25) is 9.59 Å². The molecular weight excluding hydrogens is 202 g/mol. The molecule has 1 amide bonds. The van der Waals surface area contributed by atoms with Crippen molar-refractivity contribution >= 4 is 23.3 Å². The molecule has 4 heteroatoms. The highest BCUT2D eigenvalue weighted by Gasteiger charge is 2.25. The molecule has 0 saturated heterocycles. The van der Waals surface area contributed by atoms with Crippen molar-refractivity contribution in [3.63, 3.8) is 0 Å². The van der Waals surface area contributed by atoms with Crippen molar-refractivity contribution in [3.8, 4) is 0 Å².